The number of thiocarbonyl (C=S) groups is 1. The zero-order chi connectivity index (χ0) is 19.6. The average molecular weight is 397 g/mol. The summed E-state index contributed by atoms with van der Waals surface area (Å²) in [6.07, 6.45) is 8.23. The predicted octanol–water partition coefficient (Wildman–Crippen LogP) is 5.73. The van der Waals surface area contributed by atoms with Gasteiger partial charge in [-0.2, -0.15) is 0 Å². The summed E-state index contributed by atoms with van der Waals surface area (Å²) in [6, 6.07) is 19.5. The lowest BCUT2D eigenvalue weighted by Crippen LogP contribution is -2.33. The molecule has 1 fully saturated rings. The van der Waals surface area contributed by atoms with Crippen LogP contribution in [0.2, 0.25) is 0 Å². The van der Waals surface area contributed by atoms with E-state index in [0.29, 0.717) is 6.04 Å². The number of hydrogen-bond acceptors (Lipinski definition) is 2. The minimum atomic E-state index is 0.445. The van der Waals surface area contributed by atoms with E-state index in [1.54, 1.807) is 0 Å². The first-order valence-corrected chi connectivity index (χ1v) is 11.0. The van der Waals surface area contributed by atoms with Gasteiger partial charge in [0.05, 0.1) is 12.6 Å². The molecule has 28 heavy (non-hydrogen) atoms. The highest BCUT2D eigenvalue weighted by Gasteiger charge is 2.28. The molecule has 3 rings (SSSR count). The van der Waals surface area contributed by atoms with Crippen LogP contribution in [0, 0.1) is 0 Å². The first-order chi connectivity index (χ1) is 13.8. The molecule has 0 saturated carbocycles. The van der Waals surface area contributed by atoms with Crippen molar-refractivity contribution in [1.82, 2.24) is 5.32 Å². The van der Waals surface area contributed by atoms with Gasteiger partial charge in [-0.1, -0.05) is 56.2 Å². The fourth-order valence-electron chi connectivity index (χ4n) is 3.71. The lowest BCUT2D eigenvalue weighted by Gasteiger charge is -2.25. The first kappa shape index (κ1) is 20.7. The van der Waals surface area contributed by atoms with Crippen molar-refractivity contribution in [3.05, 3.63) is 60.2 Å². The molecule has 2 aromatic rings. The maximum absolute atomic E-state index is 6.02. The van der Waals surface area contributed by atoms with Crippen molar-refractivity contribution in [1.29, 1.82) is 0 Å². The van der Waals surface area contributed by atoms with E-state index in [-0.39, 0.29) is 0 Å². The molecule has 0 aromatic heterocycles. The van der Waals surface area contributed by atoms with E-state index < -0.39 is 0 Å². The quantitative estimate of drug-likeness (QED) is 0.387. The third kappa shape index (κ3) is 5.96. The van der Waals surface area contributed by atoms with E-state index >= 15 is 0 Å². The van der Waals surface area contributed by atoms with Crippen LogP contribution in [0.3, 0.4) is 0 Å². The Labute approximate surface area is 175 Å². The van der Waals surface area contributed by atoms with E-state index in [1.165, 1.54) is 31.2 Å². The first-order valence-electron chi connectivity index (χ1n) is 10.6. The minimum Gasteiger partial charge on any atom is -0.494 e. The Morgan fingerprint density at radius 2 is 1.89 bits per heavy atom. The summed E-state index contributed by atoms with van der Waals surface area (Å²) in [5.74, 6) is 0.935. The van der Waals surface area contributed by atoms with Crippen LogP contribution >= 0.6 is 12.2 Å². The molecular formula is C24H32N2OS. The summed E-state index contributed by atoms with van der Waals surface area (Å²) < 4.78 is 6.02. The van der Waals surface area contributed by atoms with Gasteiger partial charge in [0.2, 0.25) is 0 Å². The van der Waals surface area contributed by atoms with Crippen LogP contribution in [0.15, 0.2) is 54.6 Å². The molecule has 0 aliphatic carbocycles. The highest BCUT2D eigenvalue weighted by Crippen LogP contribution is 2.27. The van der Waals surface area contributed by atoms with Gasteiger partial charge in [0.15, 0.2) is 5.11 Å². The molecule has 1 N–H and O–H groups in total. The number of hydrogen-bond donors (Lipinski definition) is 1. The molecule has 0 amide bonds. The smallest absolute Gasteiger partial charge is 0.173 e. The van der Waals surface area contributed by atoms with Gasteiger partial charge in [0, 0.05) is 18.3 Å². The van der Waals surface area contributed by atoms with Crippen molar-refractivity contribution in [2.75, 3.05) is 18.1 Å². The summed E-state index contributed by atoms with van der Waals surface area (Å²) in [5.41, 5.74) is 2.56. The zero-order valence-corrected chi connectivity index (χ0v) is 17.7. The highest BCUT2D eigenvalue weighted by atomic mass is 32.1. The van der Waals surface area contributed by atoms with Gasteiger partial charge in [-0.05, 0) is 62.0 Å². The van der Waals surface area contributed by atoms with Gasteiger partial charge >= 0.3 is 0 Å². The van der Waals surface area contributed by atoms with E-state index in [0.717, 1.165) is 49.0 Å². The standard InChI is InChI=1S/C24H32N2OS/c1-2-3-14-22-19-25-24(28)26(22)21-15-10-16-23(18-21)27-17-9-5-8-13-20-11-6-4-7-12-20/h4,6-7,10-12,15-16,18,22H,2-3,5,8-9,13-14,17,19H2,1H3,(H,25,28). The normalized spacial score (nSPS) is 16.2. The van der Waals surface area contributed by atoms with Crippen LogP contribution in [0.25, 0.3) is 0 Å². The van der Waals surface area contributed by atoms with Crippen LogP contribution in [-0.2, 0) is 6.42 Å². The van der Waals surface area contributed by atoms with Crippen LogP contribution in [0.4, 0.5) is 5.69 Å². The fourth-order valence-corrected chi connectivity index (χ4v) is 4.05. The Bertz CT molecular complexity index is 734. The number of benzene rings is 2. The largest absolute Gasteiger partial charge is 0.494 e. The predicted molar refractivity (Wildman–Crippen MR) is 122 cm³/mol. The molecule has 1 heterocycles. The third-order valence-electron chi connectivity index (χ3n) is 5.28. The van der Waals surface area contributed by atoms with E-state index in [4.69, 9.17) is 17.0 Å². The van der Waals surface area contributed by atoms with Crippen molar-refractivity contribution in [3.8, 4) is 5.75 Å². The Morgan fingerprint density at radius 1 is 1.04 bits per heavy atom. The molecule has 2 aromatic carbocycles. The van der Waals surface area contributed by atoms with E-state index in [9.17, 15) is 0 Å². The summed E-state index contributed by atoms with van der Waals surface area (Å²) in [5, 5.41) is 4.18. The molecule has 1 aliphatic rings. The molecule has 1 saturated heterocycles. The fraction of sp³-hybridized carbons (Fsp3) is 0.458. The molecule has 150 valence electrons. The highest BCUT2D eigenvalue weighted by molar-refractivity contribution is 7.80. The number of unbranched alkanes of at least 4 members (excludes halogenated alkanes) is 3. The molecule has 1 aliphatic heterocycles. The average Bonchev–Trinajstić information content (AvgIpc) is 3.10. The lowest BCUT2D eigenvalue weighted by atomic mass is 10.1. The molecule has 0 radical (unpaired) electrons. The number of anilines is 1. The van der Waals surface area contributed by atoms with Gasteiger partial charge in [0.1, 0.15) is 5.75 Å². The molecule has 1 atom stereocenters. The zero-order valence-electron chi connectivity index (χ0n) is 16.9. The molecule has 0 bridgehead atoms. The Balaban J connectivity index is 1.44. The second kappa shape index (κ2) is 11.1. The Hall–Kier alpha value is -2.07. The van der Waals surface area contributed by atoms with Crippen molar-refractivity contribution in [2.24, 2.45) is 0 Å². The SMILES string of the molecule is CCCCC1CNC(=S)N1c1cccc(OCCCCCc2ccccc2)c1. The van der Waals surface area contributed by atoms with Crippen molar-refractivity contribution in [2.45, 2.75) is 57.9 Å². The number of nitrogens with one attached hydrogen (secondary N) is 1. The van der Waals surface area contributed by atoms with Gasteiger partial charge in [-0.15, -0.1) is 0 Å². The molecule has 3 nitrogen and oxygen atoms in total. The second-order valence-electron chi connectivity index (χ2n) is 7.49. The number of aryl methyl sites for hydroxylation is 1. The Morgan fingerprint density at radius 3 is 2.71 bits per heavy atom. The lowest BCUT2D eigenvalue weighted by molar-refractivity contribution is 0.305. The minimum absolute atomic E-state index is 0.445. The van der Waals surface area contributed by atoms with Crippen LogP contribution in [-0.4, -0.2) is 24.3 Å². The topological polar surface area (TPSA) is 24.5 Å². The van der Waals surface area contributed by atoms with Crippen LogP contribution < -0.4 is 15.0 Å². The third-order valence-corrected chi connectivity index (χ3v) is 5.62. The second-order valence-corrected chi connectivity index (χ2v) is 7.88. The maximum atomic E-state index is 6.02. The summed E-state index contributed by atoms with van der Waals surface area (Å²) in [7, 11) is 0. The summed E-state index contributed by atoms with van der Waals surface area (Å²) in [6.45, 7) is 3.94. The van der Waals surface area contributed by atoms with Crippen molar-refractivity contribution < 1.29 is 4.74 Å². The van der Waals surface area contributed by atoms with Crippen molar-refractivity contribution in [3.63, 3.8) is 0 Å². The van der Waals surface area contributed by atoms with Crippen LogP contribution in [0.1, 0.15) is 51.0 Å². The van der Waals surface area contributed by atoms with Crippen molar-refractivity contribution >= 4 is 23.0 Å². The molecule has 0 spiro atoms. The monoisotopic (exact) mass is 396 g/mol. The molecule has 4 heteroatoms. The van der Waals surface area contributed by atoms with E-state index in [2.05, 4.69) is 65.7 Å². The molecule has 1 unspecified atom stereocenters. The number of nitrogens with zero attached hydrogens (tertiary/aromatic N) is 1. The van der Waals surface area contributed by atoms with Gasteiger partial charge in [0.25, 0.3) is 0 Å². The molecular weight excluding hydrogens is 364 g/mol. The summed E-state index contributed by atoms with van der Waals surface area (Å²) in [4.78, 5) is 2.26. The van der Waals surface area contributed by atoms with E-state index in [1.807, 2.05) is 6.07 Å². The van der Waals surface area contributed by atoms with Gasteiger partial charge in [-0.3, -0.25) is 0 Å². The number of ether oxygens (including phenoxy) is 1. The van der Waals surface area contributed by atoms with Gasteiger partial charge in [-0.25, -0.2) is 0 Å². The maximum Gasteiger partial charge on any atom is 0.173 e. The Kier molecular flexibility index (Phi) is 8.16. The summed E-state index contributed by atoms with van der Waals surface area (Å²) >= 11 is 5.54. The van der Waals surface area contributed by atoms with Gasteiger partial charge < -0.3 is 15.0 Å². The van der Waals surface area contributed by atoms with Crippen LogP contribution in [0.5, 0.6) is 5.75 Å². The number of rotatable bonds is 11.